The van der Waals surface area contributed by atoms with E-state index in [-0.39, 0.29) is 5.91 Å². The van der Waals surface area contributed by atoms with E-state index >= 15 is 0 Å². The highest BCUT2D eigenvalue weighted by Crippen LogP contribution is 2.21. The maximum Gasteiger partial charge on any atom is 0.255 e. The molecule has 2 aromatic carbocycles. The normalized spacial score (nSPS) is 10.0. The molecule has 86 valence electrons. The van der Waals surface area contributed by atoms with Gasteiger partial charge in [0, 0.05) is 10.5 Å². The van der Waals surface area contributed by atoms with Crippen LogP contribution in [0.5, 0.6) is 0 Å². The number of anilines is 1. The third-order valence-electron chi connectivity index (χ3n) is 2.23. The number of para-hydroxylation sites is 1. The minimum atomic E-state index is -0.200. The van der Waals surface area contributed by atoms with Gasteiger partial charge in [0.15, 0.2) is 0 Å². The maximum absolute atomic E-state index is 11.9. The van der Waals surface area contributed by atoms with Crippen LogP contribution in [-0.2, 0) is 0 Å². The molecule has 0 heterocycles. The topological polar surface area (TPSA) is 29.1 Å². The Morgan fingerprint density at radius 2 is 1.88 bits per heavy atom. The van der Waals surface area contributed by atoms with Gasteiger partial charge in [0.1, 0.15) is 0 Å². The Kier molecular flexibility index (Phi) is 3.71. The van der Waals surface area contributed by atoms with E-state index in [9.17, 15) is 4.79 Å². The molecule has 0 saturated heterocycles. The minimum Gasteiger partial charge on any atom is -0.321 e. The van der Waals surface area contributed by atoms with Crippen LogP contribution in [-0.4, -0.2) is 5.91 Å². The Bertz CT molecular complexity index is 557. The molecule has 0 atom stereocenters. The summed E-state index contributed by atoms with van der Waals surface area (Å²) in [5, 5.41) is 3.27. The fourth-order valence-corrected chi connectivity index (χ4v) is 1.81. The van der Waals surface area contributed by atoms with Crippen molar-refractivity contribution in [1.29, 1.82) is 0 Å². The van der Waals surface area contributed by atoms with Crippen LogP contribution >= 0.6 is 24.2 Å². The SMILES string of the molecule is O=C(Nc1ccccc1Cl)c1cccc(S)c1. The van der Waals surface area contributed by atoms with E-state index in [1.807, 2.05) is 18.2 Å². The third kappa shape index (κ3) is 3.02. The zero-order valence-corrected chi connectivity index (χ0v) is 10.5. The second kappa shape index (κ2) is 5.25. The van der Waals surface area contributed by atoms with Gasteiger partial charge in [-0.15, -0.1) is 12.6 Å². The number of benzene rings is 2. The molecule has 0 aliphatic carbocycles. The van der Waals surface area contributed by atoms with E-state index < -0.39 is 0 Å². The second-order valence-corrected chi connectivity index (χ2v) is 4.41. The molecule has 4 heteroatoms. The van der Waals surface area contributed by atoms with Crippen molar-refractivity contribution in [3.05, 3.63) is 59.1 Å². The van der Waals surface area contributed by atoms with Crippen LogP contribution in [0.15, 0.2) is 53.4 Å². The largest absolute Gasteiger partial charge is 0.321 e. The number of thiol groups is 1. The van der Waals surface area contributed by atoms with Gasteiger partial charge in [0.25, 0.3) is 5.91 Å². The Hall–Kier alpha value is -1.45. The Labute approximate surface area is 110 Å². The number of carbonyl (C=O) groups is 1. The molecule has 0 bridgehead atoms. The fourth-order valence-electron chi connectivity index (χ4n) is 1.40. The van der Waals surface area contributed by atoms with Crippen molar-refractivity contribution in [2.45, 2.75) is 4.90 Å². The van der Waals surface area contributed by atoms with E-state index in [2.05, 4.69) is 17.9 Å². The first-order chi connectivity index (χ1) is 8.16. The Morgan fingerprint density at radius 1 is 1.12 bits per heavy atom. The molecule has 0 spiro atoms. The van der Waals surface area contributed by atoms with Crippen LogP contribution in [0, 0.1) is 0 Å². The highest BCUT2D eigenvalue weighted by atomic mass is 35.5. The molecule has 17 heavy (non-hydrogen) atoms. The quantitative estimate of drug-likeness (QED) is 0.791. The van der Waals surface area contributed by atoms with Crippen molar-refractivity contribution >= 4 is 35.8 Å². The lowest BCUT2D eigenvalue weighted by Crippen LogP contribution is -2.11. The standard InChI is InChI=1S/C13H10ClNOS/c14-11-6-1-2-7-12(11)15-13(16)9-4-3-5-10(17)8-9/h1-8,17H,(H,15,16). The smallest absolute Gasteiger partial charge is 0.255 e. The summed E-state index contributed by atoms with van der Waals surface area (Å²) in [5.74, 6) is -0.200. The molecule has 2 nitrogen and oxygen atoms in total. The highest BCUT2D eigenvalue weighted by molar-refractivity contribution is 7.80. The number of hydrogen-bond donors (Lipinski definition) is 2. The molecule has 0 fully saturated rings. The second-order valence-electron chi connectivity index (χ2n) is 3.48. The molecule has 2 aromatic rings. The summed E-state index contributed by atoms with van der Waals surface area (Å²) in [7, 11) is 0. The van der Waals surface area contributed by atoms with Gasteiger partial charge in [-0.3, -0.25) is 4.79 Å². The number of halogens is 1. The summed E-state index contributed by atoms with van der Waals surface area (Å²) in [6.07, 6.45) is 0. The van der Waals surface area contributed by atoms with Gasteiger partial charge in [-0.1, -0.05) is 29.8 Å². The van der Waals surface area contributed by atoms with E-state index in [4.69, 9.17) is 11.6 Å². The summed E-state index contributed by atoms with van der Waals surface area (Å²) in [6.45, 7) is 0. The number of nitrogens with one attached hydrogen (secondary N) is 1. The zero-order valence-electron chi connectivity index (χ0n) is 8.85. The lowest BCUT2D eigenvalue weighted by molar-refractivity contribution is 0.102. The minimum absolute atomic E-state index is 0.200. The first kappa shape index (κ1) is 12.0. The fraction of sp³-hybridized carbons (Fsp3) is 0. The lowest BCUT2D eigenvalue weighted by atomic mass is 10.2. The summed E-state index contributed by atoms with van der Waals surface area (Å²) in [6, 6.07) is 14.1. The molecule has 2 rings (SSSR count). The average Bonchev–Trinajstić information content (AvgIpc) is 2.32. The van der Waals surface area contributed by atoms with Crippen LogP contribution in [0.25, 0.3) is 0 Å². The van der Waals surface area contributed by atoms with Gasteiger partial charge in [-0.2, -0.15) is 0 Å². The highest BCUT2D eigenvalue weighted by Gasteiger charge is 2.07. The summed E-state index contributed by atoms with van der Waals surface area (Å²) < 4.78 is 0. The van der Waals surface area contributed by atoms with Crippen molar-refractivity contribution in [2.24, 2.45) is 0 Å². The van der Waals surface area contributed by atoms with Crippen LogP contribution in [0.2, 0.25) is 5.02 Å². The summed E-state index contributed by atoms with van der Waals surface area (Å²) in [4.78, 5) is 12.7. The van der Waals surface area contributed by atoms with Crippen molar-refractivity contribution in [3.8, 4) is 0 Å². The summed E-state index contributed by atoms with van der Waals surface area (Å²) in [5.41, 5.74) is 1.15. The van der Waals surface area contributed by atoms with Crippen LogP contribution in [0.1, 0.15) is 10.4 Å². The monoisotopic (exact) mass is 263 g/mol. The van der Waals surface area contributed by atoms with Crippen LogP contribution in [0.3, 0.4) is 0 Å². The summed E-state index contributed by atoms with van der Waals surface area (Å²) >= 11 is 10.1. The van der Waals surface area contributed by atoms with Gasteiger partial charge in [0.2, 0.25) is 0 Å². The predicted molar refractivity (Wildman–Crippen MR) is 73.1 cm³/mol. The van der Waals surface area contributed by atoms with E-state index in [1.54, 1.807) is 30.3 Å². The molecular formula is C13H10ClNOS. The molecule has 0 aliphatic heterocycles. The van der Waals surface area contributed by atoms with E-state index in [1.165, 1.54) is 0 Å². The third-order valence-corrected chi connectivity index (χ3v) is 2.84. The van der Waals surface area contributed by atoms with Crippen molar-refractivity contribution < 1.29 is 4.79 Å². The van der Waals surface area contributed by atoms with Gasteiger partial charge >= 0.3 is 0 Å². The van der Waals surface area contributed by atoms with E-state index in [0.29, 0.717) is 16.3 Å². The number of rotatable bonds is 2. The molecule has 0 aliphatic rings. The molecule has 1 amide bonds. The van der Waals surface area contributed by atoms with Gasteiger partial charge in [-0.25, -0.2) is 0 Å². The van der Waals surface area contributed by atoms with Crippen molar-refractivity contribution in [2.75, 3.05) is 5.32 Å². The molecule has 0 unspecified atom stereocenters. The van der Waals surface area contributed by atoms with Crippen molar-refractivity contribution in [1.82, 2.24) is 0 Å². The molecule has 0 saturated carbocycles. The van der Waals surface area contributed by atoms with Gasteiger partial charge in [-0.05, 0) is 30.3 Å². The maximum atomic E-state index is 11.9. The lowest BCUT2D eigenvalue weighted by Gasteiger charge is -2.07. The number of hydrogen-bond acceptors (Lipinski definition) is 2. The van der Waals surface area contributed by atoms with Crippen molar-refractivity contribution in [3.63, 3.8) is 0 Å². The van der Waals surface area contributed by atoms with Crippen LogP contribution < -0.4 is 5.32 Å². The average molecular weight is 264 g/mol. The Balaban J connectivity index is 2.20. The molecule has 0 radical (unpaired) electrons. The number of amides is 1. The zero-order chi connectivity index (χ0) is 12.3. The first-order valence-electron chi connectivity index (χ1n) is 5.02. The Morgan fingerprint density at radius 3 is 2.59 bits per heavy atom. The molecule has 0 aromatic heterocycles. The van der Waals surface area contributed by atoms with Gasteiger partial charge < -0.3 is 5.32 Å². The van der Waals surface area contributed by atoms with Gasteiger partial charge in [0.05, 0.1) is 10.7 Å². The predicted octanol–water partition coefficient (Wildman–Crippen LogP) is 3.88. The number of carbonyl (C=O) groups excluding carboxylic acids is 1. The molecular weight excluding hydrogens is 254 g/mol. The van der Waals surface area contributed by atoms with Crippen LogP contribution in [0.4, 0.5) is 5.69 Å². The van der Waals surface area contributed by atoms with E-state index in [0.717, 1.165) is 4.90 Å². The molecule has 1 N–H and O–H groups in total. The first-order valence-corrected chi connectivity index (χ1v) is 5.84.